The SMILES string of the molecule is CC(C)(C)NCc1cnc(CC2CCOC2)nc1. The van der Waals surface area contributed by atoms with Crippen molar-refractivity contribution in [2.45, 2.75) is 45.7 Å². The third kappa shape index (κ3) is 4.35. The molecule has 4 heteroatoms. The van der Waals surface area contributed by atoms with Crippen molar-refractivity contribution in [2.24, 2.45) is 5.92 Å². The molecular formula is C14H23N3O. The zero-order valence-electron chi connectivity index (χ0n) is 11.6. The van der Waals surface area contributed by atoms with Crippen molar-refractivity contribution in [3.8, 4) is 0 Å². The Bertz CT molecular complexity index is 364. The molecular weight excluding hydrogens is 226 g/mol. The Labute approximate surface area is 109 Å². The summed E-state index contributed by atoms with van der Waals surface area (Å²) in [6, 6.07) is 0. The normalized spacial score (nSPS) is 20.3. The van der Waals surface area contributed by atoms with Gasteiger partial charge in [0.15, 0.2) is 0 Å². The Balaban J connectivity index is 1.85. The highest BCUT2D eigenvalue weighted by Crippen LogP contribution is 2.16. The van der Waals surface area contributed by atoms with Crippen LogP contribution in [0.3, 0.4) is 0 Å². The zero-order chi connectivity index (χ0) is 13.0. The Morgan fingerprint density at radius 1 is 1.33 bits per heavy atom. The van der Waals surface area contributed by atoms with E-state index in [-0.39, 0.29) is 5.54 Å². The summed E-state index contributed by atoms with van der Waals surface area (Å²) in [7, 11) is 0. The maximum absolute atomic E-state index is 5.36. The van der Waals surface area contributed by atoms with E-state index in [0.29, 0.717) is 5.92 Å². The van der Waals surface area contributed by atoms with Gasteiger partial charge in [-0.05, 0) is 33.1 Å². The van der Waals surface area contributed by atoms with Crippen LogP contribution in [0.1, 0.15) is 38.6 Å². The lowest BCUT2D eigenvalue weighted by Gasteiger charge is -2.20. The molecule has 1 saturated heterocycles. The number of ether oxygens (including phenoxy) is 1. The summed E-state index contributed by atoms with van der Waals surface area (Å²) in [6.07, 6.45) is 5.93. The monoisotopic (exact) mass is 249 g/mol. The summed E-state index contributed by atoms with van der Waals surface area (Å²) in [4.78, 5) is 8.87. The second kappa shape index (κ2) is 5.76. The van der Waals surface area contributed by atoms with Gasteiger partial charge in [0.2, 0.25) is 0 Å². The minimum Gasteiger partial charge on any atom is -0.381 e. The predicted molar refractivity (Wildman–Crippen MR) is 71.3 cm³/mol. The predicted octanol–water partition coefficient (Wildman–Crippen LogP) is 1.94. The van der Waals surface area contributed by atoms with Crippen molar-refractivity contribution in [3.05, 3.63) is 23.8 Å². The van der Waals surface area contributed by atoms with Crippen LogP contribution in [0, 0.1) is 5.92 Å². The van der Waals surface area contributed by atoms with Crippen LogP contribution in [-0.2, 0) is 17.7 Å². The molecule has 100 valence electrons. The van der Waals surface area contributed by atoms with Gasteiger partial charge in [-0.15, -0.1) is 0 Å². The van der Waals surface area contributed by atoms with E-state index in [4.69, 9.17) is 4.74 Å². The van der Waals surface area contributed by atoms with Crippen molar-refractivity contribution in [1.29, 1.82) is 0 Å². The lowest BCUT2D eigenvalue weighted by molar-refractivity contribution is 0.185. The lowest BCUT2D eigenvalue weighted by atomic mass is 10.0. The van der Waals surface area contributed by atoms with Crippen LogP contribution in [0.4, 0.5) is 0 Å². The van der Waals surface area contributed by atoms with Gasteiger partial charge in [0, 0.05) is 49.7 Å². The highest BCUT2D eigenvalue weighted by molar-refractivity contribution is 5.06. The molecule has 0 radical (unpaired) electrons. The van der Waals surface area contributed by atoms with E-state index in [2.05, 4.69) is 36.1 Å². The average molecular weight is 249 g/mol. The summed E-state index contributed by atoms with van der Waals surface area (Å²) >= 11 is 0. The molecule has 0 aliphatic carbocycles. The fraction of sp³-hybridized carbons (Fsp3) is 0.714. The smallest absolute Gasteiger partial charge is 0.128 e. The van der Waals surface area contributed by atoms with Crippen LogP contribution in [0.5, 0.6) is 0 Å². The molecule has 1 aliphatic heterocycles. The Morgan fingerprint density at radius 3 is 2.61 bits per heavy atom. The summed E-state index contributed by atoms with van der Waals surface area (Å²) < 4.78 is 5.36. The van der Waals surface area contributed by atoms with Crippen molar-refractivity contribution >= 4 is 0 Å². The molecule has 4 nitrogen and oxygen atoms in total. The molecule has 1 unspecified atom stereocenters. The summed E-state index contributed by atoms with van der Waals surface area (Å²) in [5, 5.41) is 3.43. The summed E-state index contributed by atoms with van der Waals surface area (Å²) in [6.45, 7) is 9.03. The topological polar surface area (TPSA) is 47.0 Å². The number of rotatable bonds is 4. The number of nitrogens with zero attached hydrogens (tertiary/aromatic N) is 2. The van der Waals surface area contributed by atoms with Crippen molar-refractivity contribution < 1.29 is 4.74 Å². The van der Waals surface area contributed by atoms with Crippen LogP contribution in [0.15, 0.2) is 12.4 Å². The molecule has 2 rings (SSSR count). The van der Waals surface area contributed by atoms with E-state index in [0.717, 1.165) is 44.0 Å². The van der Waals surface area contributed by atoms with Crippen LogP contribution in [0.2, 0.25) is 0 Å². The van der Waals surface area contributed by atoms with E-state index >= 15 is 0 Å². The molecule has 1 aromatic rings. The number of hydrogen-bond acceptors (Lipinski definition) is 4. The molecule has 1 aliphatic rings. The third-order valence-electron chi connectivity index (χ3n) is 3.08. The zero-order valence-corrected chi connectivity index (χ0v) is 11.6. The lowest BCUT2D eigenvalue weighted by Crippen LogP contribution is -2.35. The molecule has 0 aromatic carbocycles. The van der Waals surface area contributed by atoms with Gasteiger partial charge in [0.1, 0.15) is 5.82 Å². The van der Waals surface area contributed by atoms with Crippen LogP contribution < -0.4 is 5.32 Å². The van der Waals surface area contributed by atoms with E-state index in [1.54, 1.807) is 0 Å². The molecule has 2 heterocycles. The molecule has 0 spiro atoms. The Hall–Kier alpha value is -1.00. The number of aromatic nitrogens is 2. The quantitative estimate of drug-likeness (QED) is 0.886. The van der Waals surface area contributed by atoms with Gasteiger partial charge in [-0.3, -0.25) is 0 Å². The second-order valence-corrected chi connectivity index (χ2v) is 6.04. The first-order valence-electron chi connectivity index (χ1n) is 6.65. The molecule has 0 bridgehead atoms. The standard InChI is InChI=1S/C14H23N3O/c1-14(2,3)17-9-12-7-15-13(16-8-12)6-11-4-5-18-10-11/h7-8,11,17H,4-6,9-10H2,1-3H3. The van der Waals surface area contributed by atoms with E-state index < -0.39 is 0 Å². The maximum atomic E-state index is 5.36. The van der Waals surface area contributed by atoms with Gasteiger partial charge in [0.25, 0.3) is 0 Å². The first-order valence-corrected chi connectivity index (χ1v) is 6.65. The molecule has 1 aromatic heterocycles. The first kappa shape index (κ1) is 13.4. The molecule has 0 saturated carbocycles. The van der Waals surface area contributed by atoms with Crippen molar-refractivity contribution in [2.75, 3.05) is 13.2 Å². The average Bonchev–Trinajstić information content (AvgIpc) is 2.80. The van der Waals surface area contributed by atoms with Crippen molar-refractivity contribution in [1.82, 2.24) is 15.3 Å². The Kier molecular flexibility index (Phi) is 4.30. The van der Waals surface area contributed by atoms with E-state index in [9.17, 15) is 0 Å². The van der Waals surface area contributed by atoms with E-state index in [1.165, 1.54) is 0 Å². The largest absolute Gasteiger partial charge is 0.381 e. The molecule has 1 fully saturated rings. The summed E-state index contributed by atoms with van der Waals surface area (Å²) in [5.41, 5.74) is 1.26. The fourth-order valence-electron chi connectivity index (χ4n) is 1.95. The van der Waals surface area contributed by atoms with Crippen LogP contribution in [0.25, 0.3) is 0 Å². The van der Waals surface area contributed by atoms with Gasteiger partial charge in [-0.1, -0.05) is 0 Å². The van der Waals surface area contributed by atoms with Gasteiger partial charge in [0.05, 0.1) is 0 Å². The van der Waals surface area contributed by atoms with Crippen LogP contribution in [-0.4, -0.2) is 28.7 Å². The highest BCUT2D eigenvalue weighted by Gasteiger charge is 2.17. The van der Waals surface area contributed by atoms with Gasteiger partial charge in [-0.2, -0.15) is 0 Å². The minimum atomic E-state index is 0.125. The van der Waals surface area contributed by atoms with Gasteiger partial charge >= 0.3 is 0 Å². The number of hydrogen-bond donors (Lipinski definition) is 1. The molecule has 0 amide bonds. The van der Waals surface area contributed by atoms with Crippen LogP contribution >= 0.6 is 0 Å². The third-order valence-corrected chi connectivity index (χ3v) is 3.08. The summed E-state index contributed by atoms with van der Waals surface area (Å²) in [5.74, 6) is 1.54. The highest BCUT2D eigenvalue weighted by atomic mass is 16.5. The van der Waals surface area contributed by atoms with Gasteiger partial charge < -0.3 is 10.1 Å². The molecule has 1 atom stereocenters. The van der Waals surface area contributed by atoms with Crippen molar-refractivity contribution in [3.63, 3.8) is 0 Å². The van der Waals surface area contributed by atoms with Gasteiger partial charge in [-0.25, -0.2) is 9.97 Å². The molecule has 1 N–H and O–H groups in total. The molecule has 18 heavy (non-hydrogen) atoms. The fourth-order valence-corrected chi connectivity index (χ4v) is 1.95. The number of nitrogens with one attached hydrogen (secondary N) is 1. The Morgan fingerprint density at radius 2 is 2.06 bits per heavy atom. The first-order chi connectivity index (χ1) is 8.53. The minimum absolute atomic E-state index is 0.125. The van der Waals surface area contributed by atoms with E-state index in [1.807, 2.05) is 12.4 Å². The maximum Gasteiger partial charge on any atom is 0.128 e. The second-order valence-electron chi connectivity index (χ2n) is 6.04.